The molecule has 2 saturated heterocycles. The maximum Gasteiger partial charge on any atom is 0.313 e. The second-order valence-corrected chi connectivity index (χ2v) is 8.89. The summed E-state index contributed by atoms with van der Waals surface area (Å²) in [4.78, 5) is 14.1. The third kappa shape index (κ3) is 3.54. The van der Waals surface area contributed by atoms with Crippen molar-refractivity contribution >= 4 is 33.3 Å². The van der Waals surface area contributed by atoms with Crippen LogP contribution in [0.2, 0.25) is 5.02 Å². The Morgan fingerprint density at radius 2 is 1.85 bits per heavy atom. The lowest BCUT2D eigenvalue weighted by Gasteiger charge is -2.37. The molecule has 1 aromatic rings. The Balaban J connectivity index is 1.72. The molecule has 2 aliphatic heterocycles. The van der Waals surface area contributed by atoms with Crippen molar-refractivity contribution in [3.63, 3.8) is 0 Å². The summed E-state index contributed by atoms with van der Waals surface area (Å²) in [7, 11) is -2.45. The number of para-hydroxylation sites is 1. The van der Waals surface area contributed by atoms with Gasteiger partial charge >= 0.3 is 5.97 Å². The Morgan fingerprint density at radius 3 is 2.46 bits per heavy atom. The van der Waals surface area contributed by atoms with E-state index in [2.05, 4.69) is 15.8 Å². The van der Waals surface area contributed by atoms with Crippen LogP contribution in [0.15, 0.2) is 24.3 Å². The Labute approximate surface area is 158 Å². The van der Waals surface area contributed by atoms with E-state index in [-0.39, 0.29) is 6.04 Å². The first-order valence-corrected chi connectivity index (χ1v) is 10.3. The highest BCUT2D eigenvalue weighted by molar-refractivity contribution is 7.89. The molecule has 2 N–H and O–H groups in total. The number of rotatable bonds is 4. The van der Waals surface area contributed by atoms with E-state index in [1.54, 1.807) is 6.92 Å². The number of hydrogen-bond acceptors (Lipinski definition) is 7. The summed E-state index contributed by atoms with van der Waals surface area (Å²) in [5.74, 6) is -1.34. The molecule has 2 heterocycles. The van der Waals surface area contributed by atoms with Crippen LogP contribution in [0, 0.1) is 5.92 Å². The molecule has 0 radical (unpaired) electrons. The van der Waals surface area contributed by atoms with E-state index in [9.17, 15) is 13.2 Å². The zero-order valence-corrected chi connectivity index (χ0v) is 16.3. The Kier molecular flexibility index (Phi) is 5.73. The maximum atomic E-state index is 13.0. The third-order valence-corrected chi connectivity index (χ3v) is 7.36. The van der Waals surface area contributed by atoms with E-state index in [1.165, 1.54) is 11.4 Å². The highest BCUT2D eigenvalue weighted by atomic mass is 35.5. The van der Waals surface area contributed by atoms with E-state index < -0.39 is 27.3 Å². The molecule has 3 atom stereocenters. The van der Waals surface area contributed by atoms with E-state index in [1.807, 2.05) is 24.3 Å². The standard InChI is InChI=1S/C16H23ClN4O4S/c1-11-14(16(22)25-2)15(19-18-11)26(23,24)21-9-7-20(8-10-21)13-6-4-3-5-12(13)17/h3-6,11,14-15,18-19H,7-10H2,1-2H3. The monoisotopic (exact) mass is 402 g/mol. The fourth-order valence-electron chi connectivity index (χ4n) is 3.43. The Hall–Kier alpha value is -1.39. The minimum Gasteiger partial charge on any atom is -0.469 e. The van der Waals surface area contributed by atoms with Gasteiger partial charge in [0, 0.05) is 32.2 Å². The summed E-state index contributed by atoms with van der Waals surface area (Å²) in [5, 5.41) is -0.401. The highest BCUT2D eigenvalue weighted by Crippen LogP contribution is 2.28. The molecule has 3 rings (SSSR count). The second-order valence-electron chi connectivity index (χ2n) is 6.43. The first-order chi connectivity index (χ1) is 12.4. The number of benzene rings is 1. The fourth-order valence-corrected chi connectivity index (χ4v) is 5.61. The van der Waals surface area contributed by atoms with Gasteiger partial charge in [-0.1, -0.05) is 23.7 Å². The summed E-state index contributed by atoms with van der Waals surface area (Å²) in [6.45, 7) is 3.46. The summed E-state index contributed by atoms with van der Waals surface area (Å²) in [6, 6.07) is 7.16. The number of carbonyl (C=O) groups is 1. The average molecular weight is 403 g/mol. The highest BCUT2D eigenvalue weighted by Gasteiger charge is 2.49. The van der Waals surface area contributed by atoms with Gasteiger partial charge < -0.3 is 9.64 Å². The van der Waals surface area contributed by atoms with Gasteiger partial charge in [0.15, 0.2) is 5.37 Å². The van der Waals surface area contributed by atoms with E-state index in [0.29, 0.717) is 31.2 Å². The van der Waals surface area contributed by atoms with Gasteiger partial charge in [-0.3, -0.25) is 10.2 Å². The van der Waals surface area contributed by atoms with Gasteiger partial charge in [0.05, 0.1) is 17.8 Å². The fraction of sp³-hybridized carbons (Fsp3) is 0.562. The third-order valence-electron chi connectivity index (χ3n) is 4.90. The lowest BCUT2D eigenvalue weighted by Crippen LogP contribution is -2.55. The normalized spacial score (nSPS) is 27.5. The van der Waals surface area contributed by atoms with Gasteiger partial charge in [-0.05, 0) is 19.1 Å². The van der Waals surface area contributed by atoms with Crippen molar-refractivity contribution in [3.05, 3.63) is 29.3 Å². The van der Waals surface area contributed by atoms with Crippen LogP contribution in [0.25, 0.3) is 0 Å². The lowest BCUT2D eigenvalue weighted by atomic mass is 10.0. The van der Waals surface area contributed by atoms with E-state index in [0.717, 1.165) is 5.69 Å². The molecule has 0 spiro atoms. The molecule has 0 saturated carbocycles. The Bertz CT molecular complexity index is 767. The van der Waals surface area contributed by atoms with Crippen molar-refractivity contribution in [3.8, 4) is 0 Å². The quantitative estimate of drug-likeness (QED) is 0.704. The summed E-state index contributed by atoms with van der Waals surface area (Å²) in [6.07, 6.45) is 0. The van der Waals surface area contributed by atoms with Crippen LogP contribution in [0.4, 0.5) is 5.69 Å². The molecule has 0 aliphatic carbocycles. The second kappa shape index (κ2) is 7.69. The number of nitrogens with one attached hydrogen (secondary N) is 2. The number of nitrogens with zero attached hydrogens (tertiary/aromatic N) is 2. The smallest absolute Gasteiger partial charge is 0.313 e. The Morgan fingerprint density at radius 1 is 1.19 bits per heavy atom. The molecule has 144 valence electrons. The van der Waals surface area contributed by atoms with Crippen LogP contribution >= 0.6 is 11.6 Å². The number of carbonyl (C=O) groups excluding carboxylic acids is 1. The van der Waals surface area contributed by atoms with Crippen molar-refractivity contribution in [1.82, 2.24) is 15.2 Å². The number of esters is 1. The average Bonchev–Trinajstić information content (AvgIpc) is 3.04. The maximum absolute atomic E-state index is 13.0. The zero-order chi connectivity index (χ0) is 18.9. The minimum absolute atomic E-state index is 0.327. The number of methoxy groups -OCH3 is 1. The van der Waals surface area contributed by atoms with Crippen molar-refractivity contribution in [2.24, 2.45) is 5.92 Å². The van der Waals surface area contributed by atoms with Crippen LogP contribution in [-0.4, -0.2) is 63.4 Å². The molecule has 1 aromatic carbocycles. The molecule has 0 bridgehead atoms. The van der Waals surface area contributed by atoms with E-state index >= 15 is 0 Å². The van der Waals surface area contributed by atoms with Crippen LogP contribution in [0.3, 0.4) is 0 Å². The van der Waals surface area contributed by atoms with E-state index in [4.69, 9.17) is 16.3 Å². The first kappa shape index (κ1) is 19.4. The van der Waals surface area contributed by atoms with Crippen molar-refractivity contribution in [2.75, 3.05) is 38.2 Å². The molecular weight excluding hydrogens is 380 g/mol. The number of ether oxygens (including phenoxy) is 1. The summed E-state index contributed by atoms with van der Waals surface area (Å²) >= 11 is 6.23. The SMILES string of the molecule is COC(=O)C1C(C)NNC1S(=O)(=O)N1CCN(c2ccccc2Cl)CC1. The van der Waals surface area contributed by atoms with Crippen LogP contribution in [0.1, 0.15) is 6.92 Å². The van der Waals surface area contributed by atoms with Crippen LogP contribution < -0.4 is 15.8 Å². The molecular formula is C16H23ClN4O4S. The van der Waals surface area contributed by atoms with Crippen LogP contribution in [-0.2, 0) is 19.6 Å². The topological polar surface area (TPSA) is 91.0 Å². The number of halogens is 1. The van der Waals surface area contributed by atoms with Crippen molar-refractivity contribution in [2.45, 2.75) is 18.3 Å². The number of sulfonamides is 1. The van der Waals surface area contributed by atoms with Crippen LogP contribution in [0.5, 0.6) is 0 Å². The number of hydrazine groups is 1. The predicted molar refractivity (Wildman–Crippen MR) is 99.2 cm³/mol. The van der Waals surface area contributed by atoms with Gasteiger partial charge in [-0.15, -0.1) is 0 Å². The largest absolute Gasteiger partial charge is 0.469 e. The van der Waals surface area contributed by atoms with Crippen molar-refractivity contribution in [1.29, 1.82) is 0 Å². The molecule has 10 heteroatoms. The van der Waals surface area contributed by atoms with Gasteiger partial charge in [-0.25, -0.2) is 13.8 Å². The number of anilines is 1. The first-order valence-electron chi connectivity index (χ1n) is 8.43. The molecule has 2 fully saturated rings. The van der Waals surface area contributed by atoms with Gasteiger partial charge in [0.1, 0.15) is 5.92 Å². The molecule has 3 unspecified atom stereocenters. The minimum atomic E-state index is -3.72. The predicted octanol–water partition coefficient (Wildman–Crippen LogP) is 0.403. The zero-order valence-electron chi connectivity index (χ0n) is 14.7. The molecule has 0 aromatic heterocycles. The van der Waals surface area contributed by atoms with Crippen molar-refractivity contribution < 1.29 is 17.9 Å². The lowest BCUT2D eigenvalue weighted by molar-refractivity contribution is -0.145. The van der Waals surface area contributed by atoms with Gasteiger partial charge in [-0.2, -0.15) is 4.31 Å². The molecule has 8 nitrogen and oxygen atoms in total. The van der Waals surface area contributed by atoms with Gasteiger partial charge in [0.25, 0.3) is 0 Å². The summed E-state index contributed by atoms with van der Waals surface area (Å²) in [5.41, 5.74) is 6.48. The molecule has 26 heavy (non-hydrogen) atoms. The van der Waals surface area contributed by atoms with Gasteiger partial charge in [0.2, 0.25) is 10.0 Å². The molecule has 0 amide bonds. The number of piperazine rings is 1. The summed E-state index contributed by atoms with van der Waals surface area (Å²) < 4.78 is 32.3. The number of hydrogen-bond donors (Lipinski definition) is 2. The molecule has 2 aliphatic rings.